The largest absolute Gasteiger partial charge is 0.369 e. The zero-order valence-corrected chi connectivity index (χ0v) is 7.81. The molecule has 6 nitrogen and oxygen atoms in total. The highest BCUT2D eigenvalue weighted by Crippen LogP contribution is 2.35. The molecular weight excluding hydrogens is 182 g/mol. The summed E-state index contributed by atoms with van der Waals surface area (Å²) in [5.41, 5.74) is 5.00. The van der Waals surface area contributed by atoms with Gasteiger partial charge in [0.2, 0.25) is 5.91 Å². The summed E-state index contributed by atoms with van der Waals surface area (Å²) in [6.07, 6.45) is 4.13. The van der Waals surface area contributed by atoms with Gasteiger partial charge in [0.25, 0.3) is 0 Å². The van der Waals surface area contributed by atoms with Gasteiger partial charge in [0.1, 0.15) is 12.2 Å². The average molecular weight is 195 g/mol. The molecule has 1 heterocycles. The quantitative estimate of drug-likeness (QED) is 0.643. The second-order valence-corrected chi connectivity index (χ2v) is 3.46. The summed E-state index contributed by atoms with van der Waals surface area (Å²) in [6, 6.07) is 0.565. The first kappa shape index (κ1) is 9.14. The summed E-state index contributed by atoms with van der Waals surface area (Å²) >= 11 is 0. The number of amides is 1. The van der Waals surface area contributed by atoms with Crippen LogP contribution < -0.4 is 11.1 Å². The van der Waals surface area contributed by atoms with Gasteiger partial charge in [-0.25, -0.2) is 0 Å². The minimum absolute atomic E-state index is 0.178. The van der Waals surface area contributed by atoms with E-state index in [2.05, 4.69) is 15.5 Å². The van der Waals surface area contributed by atoms with Crippen LogP contribution in [0.4, 0.5) is 0 Å². The zero-order valence-electron chi connectivity index (χ0n) is 7.81. The maximum atomic E-state index is 10.5. The Morgan fingerprint density at radius 2 is 2.50 bits per heavy atom. The van der Waals surface area contributed by atoms with Crippen LogP contribution in [0, 0.1) is 0 Å². The van der Waals surface area contributed by atoms with E-state index in [9.17, 15) is 4.79 Å². The number of primary amides is 1. The number of rotatable bonds is 5. The molecule has 1 aromatic heterocycles. The van der Waals surface area contributed by atoms with Crippen LogP contribution in [0.25, 0.3) is 0 Å². The Balaban J connectivity index is 1.88. The normalized spacial score (nSPS) is 15.7. The lowest BCUT2D eigenvalue weighted by Gasteiger charge is -2.04. The van der Waals surface area contributed by atoms with Crippen LogP contribution in [0.2, 0.25) is 0 Å². The Bertz CT molecular complexity index is 330. The zero-order chi connectivity index (χ0) is 9.97. The monoisotopic (exact) mass is 195 g/mol. The molecule has 14 heavy (non-hydrogen) atoms. The SMILES string of the molecule is NC(=O)CNCc1nncn1C1CC1. The topological polar surface area (TPSA) is 85.8 Å². The van der Waals surface area contributed by atoms with Crippen molar-refractivity contribution in [2.45, 2.75) is 25.4 Å². The van der Waals surface area contributed by atoms with Gasteiger partial charge in [-0.3, -0.25) is 4.79 Å². The van der Waals surface area contributed by atoms with Crippen molar-refractivity contribution in [2.75, 3.05) is 6.54 Å². The van der Waals surface area contributed by atoms with Gasteiger partial charge in [-0.15, -0.1) is 10.2 Å². The molecule has 0 atom stereocenters. The van der Waals surface area contributed by atoms with Crippen molar-refractivity contribution in [1.82, 2.24) is 20.1 Å². The summed E-state index contributed by atoms with van der Waals surface area (Å²) in [6.45, 7) is 0.719. The van der Waals surface area contributed by atoms with Crippen LogP contribution in [0.5, 0.6) is 0 Å². The molecule has 0 unspecified atom stereocenters. The van der Waals surface area contributed by atoms with Crippen molar-refractivity contribution < 1.29 is 4.79 Å². The van der Waals surface area contributed by atoms with E-state index >= 15 is 0 Å². The average Bonchev–Trinajstić information content (AvgIpc) is 2.87. The molecule has 3 N–H and O–H groups in total. The molecule has 1 saturated carbocycles. The molecule has 1 amide bonds. The van der Waals surface area contributed by atoms with E-state index in [1.54, 1.807) is 6.33 Å². The number of hydrogen-bond donors (Lipinski definition) is 2. The van der Waals surface area contributed by atoms with Crippen LogP contribution in [-0.2, 0) is 11.3 Å². The van der Waals surface area contributed by atoms with E-state index in [0.29, 0.717) is 12.6 Å². The Hall–Kier alpha value is -1.43. The van der Waals surface area contributed by atoms with E-state index < -0.39 is 0 Å². The highest BCUT2D eigenvalue weighted by Gasteiger charge is 2.25. The number of carbonyl (C=O) groups excluding carboxylic acids is 1. The van der Waals surface area contributed by atoms with E-state index in [1.165, 1.54) is 12.8 Å². The van der Waals surface area contributed by atoms with Crippen molar-refractivity contribution in [3.63, 3.8) is 0 Å². The van der Waals surface area contributed by atoms with Crippen molar-refractivity contribution in [3.8, 4) is 0 Å². The lowest BCUT2D eigenvalue weighted by Crippen LogP contribution is -2.29. The summed E-state index contributed by atoms with van der Waals surface area (Å²) in [4.78, 5) is 10.5. The van der Waals surface area contributed by atoms with Crippen LogP contribution in [-0.4, -0.2) is 27.2 Å². The van der Waals surface area contributed by atoms with Crippen molar-refractivity contribution >= 4 is 5.91 Å². The molecule has 2 rings (SSSR count). The predicted molar refractivity (Wildman–Crippen MR) is 49.2 cm³/mol. The standard InChI is InChI=1S/C8H13N5O/c9-7(14)3-10-4-8-12-11-5-13(8)6-1-2-6/h5-6,10H,1-4H2,(H2,9,14). The van der Waals surface area contributed by atoms with Gasteiger partial charge in [-0.2, -0.15) is 0 Å². The van der Waals surface area contributed by atoms with E-state index in [-0.39, 0.29) is 12.5 Å². The third kappa shape index (κ3) is 2.08. The number of carbonyl (C=O) groups is 1. The third-order valence-electron chi connectivity index (χ3n) is 2.17. The maximum absolute atomic E-state index is 10.5. The molecule has 0 radical (unpaired) electrons. The Morgan fingerprint density at radius 1 is 1.71 bits per heavy atom. The molecule has 0 bridgehead atoms. The highest BCUT2D eigenvalue weighted by molar-refractivity contribution is 5.75. The molecule has 0 aliphatic heterocycles. The Kier molecular flexibility index (Phi) is 2.45. The molecule has 1 fully saturated rings. The Morgan fingerprint density at radius 3 is 3.14 bits per heavy atom. The lowest BCUT2D eigenvalue weighted by molar-refractivity contribution is -0.117. The molecular formula is C8H13N5O. The summed E-state index contributed by atoms with van der Waals surface area (Å²) < 4.78 is 2.05. The fourth-order valence-electron chi connectivity index (χ4n) is 1.35. The van der Waals surface area contributed by atoms with E-state index in [0.717, 1.165) is 5.82 Å². The first-order valence-corrected chi connectivity index (χ1v) is 4.65. The van der Waals surface area contributed by atoms with Gasteiger partial charge >= 0.3 is 0 Å². The molecule has 1 aliphatic rings. The van der Waals surface area contributed by atoms with Gasteiger partial charge < -0.3 is 15.6 Å². The highest BCUT2D eigenvalue weighted by atomic mass is 16.1. The molecule has 1 aromatic rings. The summed E-state index contributed by atoms with van der Waals surface area (Å²) in [5, 5.41) is 10.7. The van der Waals surface area contributed by atoms with Gasteiger partial charge in [0, 0.05) is 6.04 Å². The molecule has 6 heteroatoms. The minimum Gasteiger partial charge on any atom is -0.369 e. The minimum atomic E-state index is -0.359. The fourth-order valence-corrected chi connectivity index (χ4v) is 1.35. The Labute approximate surface area is 81.5 Å². The lowest BCUT2D eigenvalue weighted by atomic mass is 10.5. The molecule has 0 saturated heterocycles. The van der Waals surface area contributed by atoms with Gasteiger partial charge in [-0.1, -0.05) is 0 Å². The maximum Gasteiger partial charge on any atom is 0.231 e. The fraction of sp³-hybridized carbons (Fsp3) is 0.625. The summed E-state index contributed by atoms with van der Waals surface area (Å²) in [5.74, 6) is 0.510. The smallest absolute Gasteiger partial charge is 0.231 e. The molecule has 0 spiro atoms. The van der Waals surface area contributed by atoms with Crippen LogP contribution in [0.1, 0.15) is 24.7 Å². The predicted octanol–water partition coefficient (Wildman–Crippen LogP) is -0.812. The second-order valence-electron chi connectivity index (χ2n) is 3.46. The van der Waals surface area contributed by atoms with Crippen molar-refractivity contribution in [2.24, 2.45) is 5.73 Å². The number of nitrogens with two attached hydrogens (primary N) is 1. The molecule has 76 valence electrons. The first-order valence-electron chi connectivity index (χ1n) is 4.65. The van der Waals surface area contributed by atoms with Crippen LogP contribution in [0.15, 0.2) is 6.33 Å². The third-order valence-corrected chi connectivity index (χ3v) is 2.17. The van der Waals surface area contributed by atoms with Crippen LogP contribution >= 0.6 is 0 Å². The summed E-state index contributed by atoms with van der Waals surface area (Å²) in [7, 11) is 0. The van der Waals surface area contributed by atoms with E-state index in [1.807, 2.05) is 4.57 Å². The number of nitrogens with one attached hydrogen (secondary N) is 1. The number of aromatic nitrogens is 3. The van der Waals surface area contributed by atoms with Gasteiger partial charge in [0.05, 0.1) is 13.1 Å². The molecule has 1 aliphatic carbocycles. The number of hydrogen-bond acceptors (Lipinski definition) is 4. The van der Waals surface area contributed by atoms with Gasteiger partial charge in [0.15, 0.2) is 0 Å². The van der Waals surface area contributed by atoms with E-state index in [4.69, 9.17) is 5.73 Å². The molecule has 0 aromatic carbocycles. The number of nitrogens with zero attached hydrogens (tertiary/aromatic N) is 3. The van der Waals surface area contributed by atoms with Gasteiger partial charge in [-0.05, 0) is 12.8 Å². The first-order chi connectivity index (χ1) is 6.77. The van der Waals surface area contributed by atoms with Crippen molar-refractivity contribution in [1.29, 1.82) is 0 Å². The van der Waals surface area contributed by atoms with Crippen molar-refractivity contribution in [3.05, 3.63) is 12.2 Å². The van der Waals surface area contributed by atoms with Crippen LogP contribution in [0.3, 0.4) is 0 Å². The second kappa shape index (κ2) is 3.75.